The third kappa shape index (κ3) is 9.31. The predicted molar refractivity (Wildman–Crippen MR) is 76.6 cm³/mol. The monoisotopic (exact) mass is 243 g/mol. The van der Waals surface area contributed by atoms with Crippen molar-refractivity contribution in [3.8, 4) is 24.2 Å². The average molecular weight is 243 g/mol. The van der Waals surface area contributed by atoms with Gasteiger partial charge < -0.3 is 4.90 Å². The van der Waals surface area contributed by atoms with Gasteiger partial charge in [0.1, 0.15) is 0 Å². The topological polar surface area (TPSA) is 20.3 Å². The van der Waals surface area contributed by atoms with Crippen LogP contribution in [-0.2, 0) is 4.79 Å². The Morgan fingerprint density at radius 3 is 2.72 bits per heavy atom. The molecule has 18 heavy (non-hydrogen) atoms. The summed E-state index contributed by atoms with van der Waals surface area (Å²) in [6, 6.07) is 0. The number of carbonyl (C=O) groups is 1. The molecule has 0 fully saturated rings. The van der Waals surface area contributed by atoms with Crippen LogP contribution in [0.25, 0.3) is 0 Å². The lowest BCUT2D eigenvalue weighted by atomic mass is 10.2. The van der Waals surface area contributed by atoms with Crippen molar-refractivity contribution in [1.82, 2.24) is 4.90 Å². The van der Waals surface area contributed by atoms with Gasteiger partial charge >= 0.3 is 0 Å². The van der Waals surface area contributed by atoms with E-state index in [0.29, 0.717) is 5.92 Å². The molecule has 0 atom stereocenters. The molecular weight excluding hydrogens is 222 g/mol. The summed E-state index contributed by atoms with van der Waals surface area (Å²) >= 11 is 0. The number of carbonyl (C=O) groups excluding carboxylic acids is 1. The zero-order chi connectivity index (χ0) is 13.8. The molecule has 2 nitrogen and oxygen atoms in total. The molecule has 0 aliphatic heterocycles. The lowest BCUT2D eigenvalue weighted by molar-refractivity contribution is -0.125. The van der Waals surface area contributed by atoms with Crippen molar-refractivity contribution in [3.05, 3.63) is 24.3 Å². The summed E-state index contributed by atoms with van der Waals surface area (Å²) < 4.78 is 0. The summed E-state index contributed by atoms with van der Waals surface area (Å²) in [7, 11) is 1.81. The number of hydrogen-bond donors (Lipinski definition) is 0. The lowest BCUT2D eigenvalue weighted by Crippen LogP contribution is -2.28. The largest absolute Gasteiger partial charge is 0.342 e. The number of unbranched alkanes of at least 4 members (excludes halogenated alkanes) is 1. The maximum absolute atomic E-state index is 11.6. The first kappa shape index (κ1) is 16.1. The molecule has 0 saturated heterocycles. The van der Waals surface area contributed by atoms with E-state index in [1.165, 1.54) is 0 Å². The summed E-state index contributed by atoms with van der Waals surface area (Å²) in [6.45, 7) is 4.95. The highest BCUT2D eigenvalue weighted by atomic mass is 16.2. The molecular formula is C16H21NO. The zero-order valence-corrected chi connectivity index (χ0v) is 11.4. The first-order valence-corrected chi connectivity index (χ1v) is 6.09. The molecule has 2 heteroatoms. The van der Waals surface area contributed by atoms with Crippen LogP contribution in [0.2, 0.25) is 0 Å². The van der Waals surface area contributed by atoms with Crippen LogP contribution in [0.15, 0.2) is 24.3 Å². The molecule has 0 heterocycles. The maximum atomic E-state index is 11.6. The fourth-order valence-corrected chi connectivity index (χ4v) is 1.35. The molecule has 0 unspecified atom stereocenters. The Bertz CT molecular complexity index is 399. The van der Waals surface area contributed by atoms with Crippen LogP contribution < -0.4 is 0 Å². The molecule has 0 bridgehead atoms. The predicted octanol–water partition coefficient (Wildman–Crippen LogP) is 2.63. The lowest BCUT2D eigenvalue weighted by Gasteiger charge is -2.17. The normalized spacial score (nSPS) is 10.4. The Balaban J connectivity index is 3.91. The third-order valence-corrected chi connectivity index (χ3v) is 2.10. The highest BCUT2D eigenvalue weighted by Crippen LogP contribution is 1.97. The summed E-state index contributed by atoms with van der Waals surface area (Å²) in [4.78, 5) is 13.3. The minimum absolute atomic E-state index is 0.0282. The standard InChI is InChI=1S/C16H21NO/c1-5-6-7-8-9-10-11-12-13-16(18)17(4)14-15(2)3/h1,10-13,15H,8-9,14H2,2-4H3/b11-10+,13-12+. The third-order valence-electron chi connectivity index (χ3n) is 2.10. The molecule has 96 valence electrons. The number of rotatable bonds is 6. The van der Waals surface area contributed by atoms with Crippen LogP contribution in [0.5, 0.6) is 0 Å². The number of nitrogens with zero attached hydrogens (tertiary/aromatic N) is 1. The summed E-state index contributed by atoms with van der Waals surface area (Å²) in [5, 5.41) is 0. The fourth-order valence-electron chi connectivity index (χ4n) is 1.35. The van der Waals surface area contributed by atoms with E-state index in [2.05, 4.69) is 31.6 Å². The van der Waals surface area contributed by atoms with Gasteiger partial charge in [0.15, 0.2) is 0 Å². The summed E-state index contributed by atoms with van der Waals surface area (Å²) in [5.41, 5.74) is 0. The van der Waals surface area contributed by atoms with E-state index >= 15 is 0 Å². The second-order valence-electron chi connectivity index (χ2n) is 4.38. The van der Waals surface area contributed by atoms with Crippen LogP contribution >= 0.6 is 0 Å². The number of allylic oxidation sites excluding steroid dienone is 3. The highest BCUT2D eigenvalue weighted by Gasteiger charge is 2.05. The van der Waals surface area contributed by atoms with Crippen LogP contribution in [0.3, 0.4) is 0 Å². The molecule has 0 aromatic heterocycles. The Hall–Kier alpha value is -1.93. The van der Waals surface area contributed by atoms with Gasteiger partial charge in [0.2, 0.25) is 5.91 Å². The molecule has 1 amide bonds. The van der Waals surface area contributed by atoms with Crippen molar-refractivity contribution in [2.75, 3.05) is 13.6 Å². The molecule has 0 radical (unpaired) electrons. The molecule has 0 spiro atoms. The molecule has 0 rings (SSSR count). The SMILES string of the molecule is C#CC#CCC/C=C/C=C/C(=O)N(C)CC(C)C. The van der Waals surface area contributed by atoms with Crippen molar-refractivity contribution in [1.29, 1.82) is 0 Å². The summed E-state index contributed by atoms with van der Waals surface area (Å²) in [6.07, 6.45) is 13.7. The van der Waals surface area contributed by atoms with Crippen LogP contribution in [-0.4, -0.2) is 24.4 Å². The van der Waals surface area contributed by atoms with Crippen molar-refractivity contribution >= 4 is 5.91 Å². The molecule has 0 N–H and O–H groups in total. The molecule has 0 aliphatic carbocycles. The van der Waals surface area contributed by atoms with Gasteiger partial charge in [0.05, 0.1) is 0 Å². The van der Waals surface area contributed by atoms with Crippen molar-refractivity contribution in [3.63, 3.8) is 0 Å². The van der Waals surface area contributed by atoms with E-state index in [9.17, 15) is 4.79 Å². The first-order valence-electron chi connectivity index (χ1n) is 6.09. The summed E-state index contributed by atoms with van der Waals surface area (Å²) in [5.74, 6) is 8.17. The van der Waals surface area contributed by atoms with E-state index in [1.54, 1.807) is 17.1 Å². The Morgan fingerprint density at radius 2 is 2.11 bits per heavy atom. The fraction of sp³-hybridized carbons (Fsp3) is 0.438. The van der Waals surface area contributed by atoms with Gasteiger partial charge in [0, 0.05) is 26.1 Å². The minimum Gasteiger partial charge on any atom is -0.342 e. The molecule has 0 saturated carbocycles. The van der Waals surface area contributed by atoms with Crippen molar-refractivity contribution in [2.24, 2.45) is 5.92 Å². The molecule has 0 aromatic carbocycles. The second kappa shape index (κ2) is 10.2. The van der Waals surface area contributed by atoms with E-state index in [1.807, 2.05) is 19.2 Å². The van der Waals surface area contributed by atoms with E-state index in [4.69, 9.17) is 6.42 Å². The molecule has 0 aromatic rings. The number of terminal acetylenes is 1. The first-order chi connectivity index (χ1) is 8.57. The Morgan fingerprint density at radius 1 is 1.39 bits per heavy atom. The number of amides is 1. The van der Waals surface area contributed by atoms with Gasteiger partial charge in [-0.25, -0.2) is 0 Å². The number of hydrogen-bond acceptors (Lipinski definition) is 1. The smallest absolute Gasteiger partial charge is 0.246 e. The number of likely N-dealkylation sites (N-methyl/N-ethyl adjacent to an activating group) is 1. The van der Waals surface area contributed by atoms with Crippen molar-refractivity contribution < 1.29 is 4.79 Å². The van der Waals surface area contributed by atoms with E-state index in [0.717, 1.165) is 19.4 Å². The van der Waals surface area contributed by atoms with Gasteiger partial charge in [-0.3, -0.25) is 4.79 Å². The maximum Gasteiger partial charge on any atom is 0.246 e. The van der Waals surface area contributed by atoms with E-state index < -0.39 is 0 Å². The minimum atomic E-state index is 0.0282. The van der Waals surface area contributed by atoms with Gasteiger partial charge in [-0.05, 0) is 24.2 Å². The van der Waals surface area contributed by atoms with Crippen LogP contribution in [0.4, 0.5) is 0 Å². The van der Waals surface area contributed by atoms with E-state index in [-0.39, 0.29) is 5.91 Å². The highest BCUT2D eigenvalue weighted by molar-refractivity contribution is 5.87. The van der Waals surface area contributed by atoms with Gasteiger partial charge in [-0.1, -0.05) is 38.0 Å². The van der Waals surface area contributed by atoms with Gasteiger partial charge in [-0.2, -0.15) is 0 Å². The second-order valence-corrected chi connectivity index (χ2v) is 4.38. The molecule has 0 aliphatic rings. The van der Waals surface area contributed by atoms with Crippen LogP contribution in [0.1, 0.15) is 26.7 Å². The quantitative estimate of drug-likeness (QED) is 0.304. The van der Waals surface area contributed by atoms with Crippen molar-refractivity contribution in [2.45, 2.75) is 26.7 Å². The Kier molecular flexibility index (Phi) is 9.14. The Labute approximate surface area is 111 Å². The van der Waals surface area contributed by atoms with Crippen LogP contribution in [0, 0.1) is 30.1 Å². The van der Waals surface area contributed by atoms with Gasteiger partial charge in [0.25, 0.3) is 0 Å². The average Bonchev–Trinajstić information content (AvgIpc) is 2.31. The zero-order valence-electron chi connectivity index (χ0n) is 11.4. The van der Waals surface area contributed by atoms with Gasteiger partial charge in [-0.15, -0.1) is 6.42 Å².